The van der Waals surface area contributed by atoms with E-state index in [-0.39, 0.29) is 5.82 Å². The summed E-state index contributed by atoms with van der Waals surface area (Å²) in [6.07, 6.45) is 0.663. The molecule has 2 rings (SSSR count). The number of para-hydroxylation sites is 1. The minimum absolute atomic E-state index is 0.156. The van der Waals surface area contributed by atoms with Crippen LogP contribution in [0.5, 0.6) is 5.75 Å². The van der Waals surface area contributed by atoms with Gasteiger partial charge >= 0.3 is 6.09 Å². The molecule has 6 heteroatoms. The number of carbonyl (C=O) groups is 1. The van der Waals surface area contributed by atoms with Gasteiger partial charge in [0.1, 0.15) is 5.75 Å². The van der Waals surface area contributed by atoms with Gasteiger partial charge in [-0.2, -0.15) is 0 Å². The smallest absolute Gasteiger partial charge is 0.410 e. The van der Waals surface area contributed by atoms with Crippen LogP contribution in [0.4, 0.5) is 15.0 Å². The molecule has 0 spiro atoms. The molecule has 0 saturated carbocycles. The third-order valence-electron chi connectivity index (χ3n) is 1.98. The average Bonchev–Trinajstić information content (AvgIpc) is 2.34. The zero-order valence-electron chi connectivity index (χ0n) is 9.06. The van der Waals surface area contributed by atoms with Crippen LogP contribution in [0.3, 0.4) is 0 Å². The number of anilines is 1. The third-order valence-corrected chi connectivity index (χ3v) is 2.57. The first-order valence-corrected chi connectivity index (χ1v) is 6.08. The lowest BCUT2D eigenvalue weighted by Crippen LogP contribution is -2.18. The number of aromatic nitrogens is 1. The third kappa shape index (κ3) is 3.39. The Bertz CT molecular complexity index is 563. The fourth-order valence-electron chi connectivity index (χ4n) is 1.22. The predicted octanol–water partition coefficient (Wildman–Crippen LogP) is 3.44. The number of halogens is 2. The second kappa shape index (κ2) is 5.76. The monoisotopic (exact) mass is 358 g/mol. The summed E-state index contributed by atoms with van der Waals surface area (Å²) in [6, 6.07) is 9.77. The minimum Gasteiger partial charge on any atom is -0.410 e. The van der Waals surface area contributed by atoms with Crippen molar-refractivity contribution in [1.82, 2.24) is 4.98 Å². The maximum Gasteiger partial charge on any atom is 0.418 e. The molecule has 0 atom stereocenters. The first-order chi connectivity index (χ1) is 8.65. The molecule has 92 valence electrons. The maximum atomic E-state index is 13.4. The second-order valence-electron chi connectivity index (χ2n) is 3.31. The molecule has 0 radical (unpaired) electrons. The Hall–Kier alpha value is -1.70. The lowest BCUT2D eigenvalue weighted by Gasteiger charge is -2.06. The van der Waals surface area contributed by atoms with Crippen LogP contribution in [-0.2, 0) is 0 Å². The highest BCUT2D eigenvalue weighted by Gasteiger charge is 2.10. The molecule has 18 heavy (non-hydrogen) atoms. The number of hydrogen-bond donors (Lipinski definition) is 1. The van der Waals surface area contributed by atoms with Crippen LogP contribution in [0.2, 0.25) is 0 Å². The van der Waals surface area contributed by atoms with E-state index in [0.717, 1.165) is 0 Å². The standard InChI is InChI=1S/C12H8FIN2O2/c13-10-6-8(14)7-15-11(10)16-12(17)18-9-4-2-1-3-5-9/h1-7H,(H,15,16,17). The molecule has 0 unspecified atom stereocenters. The van der Waals surface area contributed by atoms with Crippen molar-refractivity contribution < 1.29 is 13.9 Å². The summed E-state index contributed by atoms with van der Waals surface area (Å²) < 4.78 is 19.0. The summed E-state index contributed by atoms with van der Waals surface area (Å²) in [5.41, 5.74) is 0. The molecule has 0 aliphatic carbocycles. The Morgan fingerprint density at radius 2 is 2.06 bits per heavy atom. The van der Waals surface area contributed by atoms with Gasteiger partial charge in [0.25, 0.3) is 0 Å². The van der Waals surface area contributed by atoms with Gasteiger partial charge in [0.05, 0.1) is 0 Å². The topological polar surface area (TPSA) is 51.2 Å². The zero-order chi connectivity index (χ0) is 13.0. The van der Waals surface area contributed by atoms with Gasteiger partial charge in [-0.15, -0.1) is 0 Å². The Labute approximate surface area is 116 Å². The SMILES string of the molecule is O=C(Nc1ncc(I)cc1F)Oc1ccccc1. The molecule has 0 bridgehead atoms. The van der Waals surface area contributed by atoms with Crippen LogP contribution in [0.15, 0.2) is 42.6 Å². The maximum absolute atomic E-state index is 13.4. The number of pyridine rings is 1. The Kier molecular flexibility index (Phi) is 4.08. The summed E-state index contributed by atoms with van der Waals surface area (Å²) in [5, 5.41) is 2.24. The second-order valence-corrected chi connectivity index (χ2v) is 4.56. The molecule has 0 saturated heterocycles. The highest BCUT2D eigenvalue weighted by atomic mass is 127. The van der Waals surface area contributed by atoms with Gasteiger partial charge in [-0.25, -0.2) is 14.2 Å². The molecule has 0 aliphatic rings. The van der Waals surface area contributed by atoms with Crippen molar-refractivity contribution in [3.05, 3.63) is 52.0 Å². The lowest BCUT2D eigenvalue weighted by molar-refractivity contribution is 0.215. The fourth-order valence-corrected chi connectivity index (χ4v) is 1.64. The molecule has 0 aliphatic heterocycles. The lowest BCUT2D eigenvalue weighted by atomic mass is 10.3. The summed E-state index contributed by atoms with van der Waals surface area (Å²) in [5.74, 6) is -0.385. The number of ether oxygens (including phenoxy) is 1. The fraction of sp³-hybridized carbons (Fsp3) is 0. The number of carbonyl (C=O) groups excluding carboxylic acids is 1. The normalized spacial score (nSPS) is 9.89. The van der Waals surface area contributed by atoms with E-state index in [4.69, 9.17) is 4.74 Å². The van der Waals surface area contributed by atoms with Gasteiger partial charge in [0, 0.05) is 9.77 Å². The summed E-state index contributed by atoms with van der Waals surface area (Å²) in [6.45, 7) is 0. The zero-order valence-corrected chi connectivity index (χ0v) is 11.2. The van der Waals surface area contributed by atoms with Crippen LogP contribution >= 0.6 is 22.6 Å². The predicted molar refractivity (Wildman–Crippen MR) is 73.0 cm³/mol. The molecular weight excluding hydrogens is 350 g/mol. The molecule has 1 amide bonds. The molecule has 2 aromatic rings. The molecular formula is C12H8FIN2O2. The number of nitrogens with one attached hydrogen (secondary N) is 1. The van der Waals surface area contributed by atoms with Crippen LogP contribution in [0.1, 0.15) is 0 Å². The van der Waals surface area contributed by atoms with Gasteiger partial charge in [0.15, 0.2) is 11.6 Å². The van der Waals surface area contributed by atoms with Crippen molar-refractivity contribution in [3.8, 4) is 5.75 Å². The molecule has 1 aromatic carbocycles. The van der Waals surface area contributed by atoms with Crippen molar-refractivity contribution in [1.29, 1.82) is 0 Å². The molecule has 0 fully saturated rings. The van der Waals surface area contributed by atoms with Crippen LogP contribution in [-0.4, -0.2) is 11.1 Å². The Morgan fingerprint density at radius 1 is 1.33 bits per heavy atom. The van der Waals surface area contributed by atoms with Crippen molar-refractivity contribution >= 4 is 34.5 Å². The molecule has 1 N–H and O–H groups in total. The quantitative estimate of drug-likeness (QED) is 0.837. The number of amides is 1. The number of nitrogens with zero attached hydrogens (tertiary/aromatic N) is 1. The number of hydrogen-bond acceptors (Lipinski definition) is 3. The van der Waals surface area contributed by atoms with Crippen molar-refractivity contribution in [3.63, 3.8) is 0 Å². The van der Waals surface area contributed by atoms with Crippen molar-refractivity contribution in [2.24, 2.45) is 0 Å². The summed E-state index contributed by atoms with van der Waals surface area (Å²) in [7, 11) is 0. The van der Waals surface area contributed by atoms with Crippen LogP contribution < -0.4 is 10.1 Å². The van der Waals surface area contributed by atoms with E-state index in [1.165, 1.54) is 12.3 Å². The minimum atomic E-state index is -0.784. The average molecular weight is 358 g/mol. The van der Waals surface area contributed by atoms with E-state index < -0.39 is 11.9 Å². The van der Waals surface area contributed by atoms with Gasteiger partial charge in [0.2, 0.25) is 0 Å². The highest BCUT2D eigenvalue weighted by molar-refractivity contribution is 14.1. The van der Waals surface area contributed by atoms with Gasteiger partial charge in [-0.3, -0.25) is 5.32 Å². The molecule has 1 heterocycles. The van der Waals surface area contributed by atoms with E-state index in [9.17, 15) is 9.18 Å². The molecule has 4 nitrogen and oxygen atoms in total. The van der Waals surface area contributed by atoms with E-state index in [1.54, 1.807) is 30.3 Å². The largest absolute Gasteiger partial charge is 0.418 e. The number of rotatable bonds is 2. The van der Waals surface area contributed by atoms with Gasteiger partial charge in [-0.05, 0) is 40.8 Å². The van der Waals surface area contributed by atoms with E-state index in [0.29, 0.717) is 9.32 Å². The summed E-state index contributed by atoms with van der Waals surface area (Å²) in [4.78, 5) is 15.2. The highest BCUT2D eigenvalue weighted by Crippen LogP contribution is 2.14. The van der Waals surface area contributed by atoms with E-state index in [2.05, 4.69) is 10.3 Å². The van der Waals surface area contributed by atoms with Crippen LogP contribution in [0, 0.1) is 9.39 Å². The van der Waals surface area contributed by atoms with E-state index >= 15 is 0 Å². The number of benzene rings is 1. The van der Waals surface area contributed by atoms with Crippen molar-refractivity contribution in [2.45, 2.75) is 0 Å². The van der Waals surface area contributed by atoms with Crippen LogP contribution in [0.25, 0.3) is 0 Å². The molecule has 1 aromatic heterocycles. The Morgan fingerprint density at radius 3 is 2.72 bits per heavy atom. The first kappa shape index (κ1) is 12.7. The van der Waals surface area contributed by atoms with Crippen molar-refractivity contribution in [2.75, 3.05) is 5.32 Å². The van der Waals surface area contributed by atoms with Gasteiger partial charge in [-0.1, -0.05) is 18.2 Å². The summed E-state index contributed by atoms with van der Waals surface area (Å²) >= 11 is 1.93. The first-order valence-electron chi connectivity index (χ1n) is 5.00. The Balaban J connectivity index is 2.03. The van der Waals surface area contributed by atoms with Gasteiger partial charge < -0.3 is 4.74 Å². The van der Waals surface area contributed by atoms with E-state index in [1.807, 2.05) is 22.6 Å².